The third-order valence-electron chi connectivity index (χ3n) is 9.30. The average Bonchev–Trinajstić information content (AvgIpc) is 3.00. The molecule has 0 aromatic heterocycles. The Morgan fingerprint density at radius 1 is 1.00 bits per heavy atom. The molecule has 2 amide bonds. The van der Waals surface area contributed by atoms with Crippen molar-refractivity contribution in [1.29, 1.82) is 0 Å². The van der Waals surface area contributed by atoms with Gasteiger partial charge in [-0.05, 0) is 73.4 Å². The van der Waals surface area contributed by atoms with Gasteiger partial charge in [-0.15, -0.1) is 12.4 Å². The first-order valence-electron chi connectivity index (χ1n) is 15.4. The summed E-state index contributed by atoms with van der Waals surface area (Å²) in [4.78, 5) is 31.8. The Hall–Kier alpha value is -2.13. The Bertz CT molecular complexity index is 1160. The molecule has 2 aliphatic heterocycles. The Morgan fingerprint density at radius 3 is 2.29 bits per heavy atom. The van der Waals surface area contributed by atoms with Crippen LogP contribution in [0.25, 0.3) is 0 Å². The number of carbonyl (C=O) groups excluding carboxylic acids is 2. The van der Waals surface area contributed by atoms with Gasteiger partial charge in [0.15, 0.2) is 0 Å². The SMILES string of the molecule is CCCCN1C(=O)[C@@H]([C@H](O)C2CCCCC2)NC(=O)C12CCN(Cc1ccc(OCc3ccc(Br)cc3)cc1)CC2.Cl. The van der Waals surface area contributed by atoms with E-state index in [0.717, 1.165) is 73.9 Å². The fourth-order valence-corrected chi connectivity index (χ4v) is 7.00. The van der Waals surface area contributed by atoms with Gasteiger partial charge in [0.2, 0.25) is 11.8 Å². The van der Waals surface area contributed by atoms with Crippen LogP contribution in [0.2, 0.25) is 0 Å². The van der Waals surface area contributed by atoms with E-state index in [2.05, 4.69) is 45.2 Å². The highest BCUT2D eigenvalue weighted by molar-refractivity contribution is 9.10. The molecule has 0 radical (unpaired) electrons. The van der Waals surface area contributed by atoms with E-state index in [0.29, 0.717) is 26.0 Å². The highest BCUT2D eigenvalue weighted by Gasteiger charge is 2.55. The maximum atomic E-state index is 13.8. The standard InChI is InChI=1S/C33H44BrN3O4.ClH/c1-2-3-19-37-31(39)29(30(38)26-7-5-4-6-8-26)35-32(40)33(37)17-20-36(21-18-33)22-24-11-15-28(16-12-24)41-23-25-9-13-27(34)14-10-25;/h9-16,26,29-30,38H,2-8,17-23H2,1H3,(H,35,40);1H/t29-,30-;/m1./s1. The summed E-state index contributed by atoms with van der Waals surface area (Å²) in [5, 5.41) is 14.2. The van der Waals surface area contributed by atoms with Gasteiger partial charge in [0.25, 0.3) is 0 Å². The first-order valence-corrected chi connectivity index (χ1v) is 16.2. The minimum Gasteiger partial charge on any atom is -0.489 e. The molecule has 0 unspecified atom stereocenters. The van der Waals surface area contributed by atoms with Crippen molar-refractivity contribution >= 4 is 40.2 Å². The van der Waals surface area contributed by atoms with Gasteiger partial charge in [0.1, 0.15) is 23.9 Å². The zero-order chi connectivity index (χ0) is 28.8. The van der Waals surface area contributed by atoms with E-state index in [9.17, 15) is 14.7 Å². The number of piperidine rings is 1. The topological polar surface area (TPSA) is 82.1 Å². The Morgan fingerprint density at radius 2 is 1.64 bits per heavy atom. The van der Waals surface area contributed by atoms with Gasteiger partial charge in [0, 0.05) is 30.7 Å². The van der Waals surface area contributed by atoms with Crippen LogP contribution in [0.15, 0.2) is 53.0 Å². The predicted molar refractivity (Wildman–Crippen MR) is 171 cm³/mol. The summed E-state index contributed by atoms with van der Waals surface area (Å²) in [6.45, 7) is 5.46. The summed E-state index contributed by atoms with van der Waals surface area (Å²) in [5.41, 5.74) is 1.49. The maximum absolute atomic E-state index is 13.8. The molecule has 1 spiro atoms. The molecule has 2 aromatic carbocycles. The number of unbranched alkanes of at least 4 members (excludes halogenated alkanes) is 1. The predicted octanol–water partition coefficient (Wildman–Crippen LogP) is 5.85. The van der Waals surface area contributed by atoms with E-state index in [1.165, 1.54) is 12.0 Å². The number of ether oxygens (including phenoxy) is 1. The number of hydrogen-bond donors (Lipinski definition) is 2. The minimum atomic E-state index is -0.824. The third-order valence-corrected chi connectivity index (χ3v) is 9.83. The quantitative estimate of drug-likeness (QED) is 0.334. The van der Waals surface area contributed by atoms with Crippen LogP contribution in [0.4, 0.5) is 0 Å². The number of likely N-dealkylation sites (tertiary alicyclic amines) is 1. The molecule has 1 saturated carbocycles. The third kappa shape index (κ3) is 7.50. The van der Waals surface area contributed by atoms with Crippen molar-refractivity contribution in [2.24, 2.45) is 5.92 Å². The monoisotopic (exact) mass is 661 g/mol. The number of benzene rings is 2. The molecule has 1 aliphatic carbocycles. The van der Waals surface area contributed by atoms with Gasteiger partial charge in [-0.2, -0.15) is 0 Å². The molecule has 7 nitrogen and oxygen atoms in total. The van der Waals surface area contributed by atoms with Crippen LogP contribution < -0.4 is 10.1 Å². The Balaban J connectivity index is 0.00000405. The molecule has 5 rings (SSSR count). The summed E-state index contributed by atoms with van der Waals surface area (Å²) in [6.07, 6.45) is 7.40. The van der Waals surface area contributed by atoms with Crippen molar-refractivity contribution in [1.82, 2.24) is 15.1 Å². The van der Waals surface area contributed by atoms with E-state index in [1.807, 2.05) is 41.3 Å². The van der Waals surface area contributed by atoms with E-state index < -0.39 is 17.7 Å². The number of aliphatic hydroxyl groups excluding tert-OH is 1. The van der Waals surface area contributed by atoms with E-state index in [-0.39, 0.29) is 30.1 Å². The van der Waals surface area contributed by atoms with Gasteiger partial charge in [0.05, 0.1) is 6.10 Å². The van der Waals surface area contributed by atoms with Crippen molar-refractivity contribution in [2.75, 3.05) is 19.6 Å². The van der Waals surface area contributed by atoms with Crippen molar-refractivity contribution < 1.29 is 19.4 Å². The average molecular weight is 663 g/mol. The molecule has 9 heteroatoms. The summed E-state index contributed by atoms with van der Waals surface area (Å²) < 4.78 is 7.01. The molecule has 2 N–H and O–H groups in total. The lowest BCUT2D eigenvalue weighted by Crippen LogP contribution is -2.75. The van der Waals surface area contributed by atoms with Crippen LogP contribution in [0, 0.1) is 5.92 Å². The molecule has 2 saturated heterocycles. The van der Waals surface area contributed by atoms with E-state index >= 15 is 0 Å². The molecule has 3 aliphatic rings. The second-order valence-electron chi connectivity index (χ2n) is 12.1. The van der Waals surface area contributed by atoms with E-state index in [4.69, 9.17) is 4.74 Å². The number of nitrogens with one attached hydrogen (secondary N) is 1. The zero-order valence-corrected chi connectivity index (χ0v) is 27.0. The van der Waals surface area contributed by atoms with Crippen molar-refractivity contribution in [3.05, 3.63) is 64.1 Å². The fraction of sp³-hybridized carbons (Fsp3) is 0.576. The summed E-state index contributed by atoms with van der Waals surface area (Å²) in [6, 6.07) is 15.5. The lowest BCUT2D eigenvalue weighted by molar-refractivity contribution is -0.166. The van der Waals surface area contributed by atoms with Gasteiger partial charge in [-0.3, -0.25) is 14.5 Å². The highest BCUT2D eigenvalue weighted by atomic mass is 79.9. The minimum absolute atomic E-state index is 0. The lowest BCUT2D eigenvalue weighted by Gasteiger charge is -2.52. The normalized spacial score (nSPS) is 22.0. The number of aliphatic hydroxyl groups is 1. The highest BCUT2D eigenvalue weighted by Crippen LogP contribution is 2.36. The first kappa shape index (κ1) is 32.8. The second-order valence-corrected chi connectivity index (χ2v) is 13.0. The molecule has 230 valence electrons. The number of rotatable bonds is 10. The number of nitrogens with zero attached hydrogens (tertiary/aromatic N) is 2. The zero-order valence-electron chi connectivity index (χ0n) is 24.6. The molecular weight excluding hydrogens is 618 g/mol. The molecule has 2 aromatic rings. The van der Waals surface area contributed by atoms with Gasteiger partial charge >= 0.3 is 0 Å². The van der Waals surface area contributed by atoms with Gasteiger partial charge < -0.3 is 20.1 Å². The number of piperazine rings is 1. The maximum Gasteiger partial charge on any atom is 0.248 e. The van der Waals surface area contributed by atoms with Crippen molar-refractivity contribution in [3.8, 4) is 5.75 Å². The summed E-state index contributed by atoms with van der Waals surface area (Å²) >= 11 is 3.46. The second kappa shape index (κ2) is 15.0. The van der Waals surface area contributed by atoms with Crippen LogP contribution in [0.1, 0.15) is 75.8 Å². The van der Waals surface area contributed by atoms with Crippen LogP contribution in [0.5, 0.6) is 5.75 Å². The lowest BCUT2D eigenvalue weighted by atomic mass is 9.78. The van der Waals surface area contributed by atoms with Crippen molar-refractivity contribution in [2.45, 2.75) is 95.5 Å². The largest absolute Gasteiger partial charge is 0.489 e. The van der Waals surface area contributed by atoms with Crippen LogP contribution >= 0.6 is 28.3 Å². The smallest absolute Gasteiger partial charge is 0.248 e. The van der Waals surface area contributed by atoms with Gasteiger partial charge in [-0.25, -0.2) is 0 Å². The summed E-state index contributed by atoms with van der Waals surface area (Å²) in [7, 11) is 0. The molecular formula is C33H45BrClN3O4. The number of carbonyl (C=O) groups is 2. The van der Waals surface area contributed by atoms with Crippen LogP contribution in [0.3, 0.4) is 0 Å². The molecule has 3 fully saturated rings. The number of amides is 2. The Labute approximate surface area is 264 Å². The van der Waals surface area contributed by atoms with Crippen molar-refractivity contribution in [3.63, 3.8) is 0 Å². The fourth-order valence-electron chi connectivity index (χ4n) is 6.73. The van der Waals surface area contributed by atoms with E-state index in [1.54, 1.807) is 0 Å². The number of halogens is 2. The molecule has 2 heterocycles. The molecule has 42 heavy (non-hydrogen) atoms. The number of hydrogen-bond acceptors (Lipinski definition) is 5. The summed E-state index contributed by atoms with van der Waals surface area (Å²) in [5.74, 6) is 0.742. The first-order chi connectivity index (χ1) is 19.9. The van der Waals surface area contributed by atoms with Gasteiger partial charge in [-0.1, -0.05) is 72.8 Å². The van der Waals surface area contributed by atoms with Crippen LogP contribution in [-0.2, 0) is 22.7 Å². The molecule has 0 bridgehead atoms. The van der Waals surface area contributed by atoms with Crippen LogP contribution in [-0.4, -0.2) is 64.0 Å². The molecule has 2 atom stereocenters. The Kier molecular flexibility index (Phi) is 11.7.